The molecule has 1 heterocycles. The Morgan fingerprint density at radius 1 is 1.06 bits per heavy atom. The lowest BCUT2D eigenvalue weighted by Crippen LogP contribution is -2.49. The second-order valence-electron chi connectivity index (χ2n) is 6.80. The van der Waals surface area contributed by atoms with E-state index in [1.807, 2.05) is 0 Å². The third-order valence-corrected chi connectivity index (χ3v) is 4.21. The molecule has 0 aromatic heterocycles. The number of rotatable bonds is 6. The molecule has 0 amide bonds. The molecule has 0 bridgehead atoms. The van der Waals surface area contributed by atoms with Crippen LogP contribution in [0.3, 0.4) is 0 Å². The van der Waals surface area contributed by atoms with E-state index in [0.717, 1.165) is 31.0 Å². The SMILES string of the molecule is CC(C)CNCC(C(C)C)N1CCCCCC1C. The summed E-state index contributed by atoms with van der Waals surface area (Å²) < 4.78 is 0. The molecular weight excluding hydrogens is 220 g/mol. The van der Waals surface area contributed by atoms with Gasteiger partial charge in [0, 0.05) is 18.6 Å². The summed E-state index contributed by atoms with van der Waals surface area (Å²) in [5.74, 6) is 1.49. The average Bonchev–Trinajstić information content (AvgIpc) is 2.49. The van der Waals surface area contributed by atoms with E-state index in [1.54, 1.807) is 0 Å². The van der Waals surface area contributed by atoms with Gasteiger partial charge < -0.3 is 5.32 Å². The van der Waals surface area contributed by atoms with Gasteiger partial charge in [0.15, 0.2) is 0 Å². The Morgan fingerprint density at radius 2 is 1.78 bits per heavy atom. The fourth-order valence-electron chi connectivity index (χ4n) is 3.05. The van der Waals surface area contributed by atoms with E-state index >= 15 is 0 Å². The zero-order chi connectivity index (χ0) is 13.5. The monoisotopic (exact) mass is 254 g/mol. The Kier molecular flexibility index (Phi) is 7.25. The van der Waals surface area contributed by atoms with Crippen LogP contribution in [-0.2, 0) is 0 Å². The van der Waals surface area contributed by atoms with Crippen LogP contribution in [0.1, 0.15) is 60.3 Å². The van der Waals surface area contributed by atoms with E-state index in [2.05, 4.69) is 44.8 Å². The first-order valence-corrected chi connectivity index (χ1v) is 7.98. The number of likely N-dealkylation sites (tertiary alicyclic amines) is 1. The molecule has 18 heavy (non-hydrogen) atoms. The molecule has 1 aliphatic heterocycles. The number of nitrogens with one attached hydrogen (secondary N) is 1. The average molecular weight is 254 g/mol. The van der Waals surface area contributed by atoms with Crippen molar-refractivity contribution in [3.8, 4) is 0 Å². The lowest BCUT2D eigenvalue weighted by Gasteiger charge is -2.38. The van der Waals surface area contributed by atoms with Gasteiger partial charge in [0.25, 0.3) is 0 Å². The highest BCUT2D eigenvalue weighted by atomic mass is 15.2. The summed E-state index contributed by atoms with van der Waals surface area (Å²) in [6, 6.07) is 1.47. The van der Waals surface area contributed by atoms with Gasteiger partial charge in [0.05, 0.1) is 0 Å². The van der Waals surface area contributed by atoms with Crippen molar-refractivity contribution in [1.82, 2.24) is 10.2 Å². The van der Waals surface area contributed by atoms with E-state index in [1.165, 1.54) is 32.2 Å². The molecular formula is C16H34N2. The third kappa shape index (κ3) is 5.27. The van der Waals surface area contributed by atoms with Crippen LogP contribution in [0.2, 0.25) is 0 Å². The maximum atomic E-state index is 3.66. The minimum atomic E-state index is 0.705. The number of hydrogen-bond donors (Lipinski definition) is 1. The Bertz CT molecular complexity index is 213. The topological polar surface area (TPSA) is 15.3 Å². The van der Waals surface area contributed by atoms with Crippen LogP contribution in [0.4, 0.5) is 0 Å². The highest BCUT2D eigenvalue weighted by Gasteiger charge is 2.26. The molecule has 2 heteroatoms. The molecule has 0 aliphatic carbocycles. The smallest absolute Gasteiger partial charge is 0.0246 e. The Balaban J connectivity index is 2.52. The van der Waals surface area contributed by atoms with Crippen LogP contribution < -0.4 is 5.32 Å². The summed E-state index contributed by atoms with van der Waals surface area (Å²) in [6.45, 7) is 15.3. The summed E-state index contributed by atoms with van der Waals surface area (Å²) in [4.78, 5) is 2.77. The van der Waals surface area contributed by atoms with Gasteiger partial charge in [-0.15, -0.1) is 0 Å². The molecule has 0 radical (unpaired) electrons. The van der Waals surface area contributed by atoms with E-state index in [0.29, 0.717) is 6.04 Å². The maximum absolute atomic E-state index is 3.66. The normalized spacial score (nSPS) is 24.5. The third-order valence-electron chi connectivity index (χ3n) is 4.21. The molecule has 1 N–H and O–H groups in total. The zero-order valence-electron chi connectivity index (χ0n) is 13.2. The highest BCUT2D eigenvalue weighted by Crippen LogP contribution is 2.22. The van der Waals surface area contributed by atoms with Crippen molar-refractivity contribution in [2.24, 2.45) is 11.8 Å². The van der Waals surface area contributed by atoms with Gasteiger partial charge in [-0.3, -0.25) is 4.90 Å². The van der Waals surface area contributed by atoms with Crippen LogP contribution in [0.25, 0.3) is 0 Å². The minimum absolute atomic E-state index is 0.705. The Hall–Kier alpha value is -0.0800. The lowest BCUT2D eigenvalue weighted by molar-refractivity contribution is 0.110. The Morgan fingerprint density at radius 3 is 2.39 bits per heavy atom. The summed E-state index contributed by atoms with van der Waals surface area (Å²) in [6.07, 6.45) is 5.61. The van der Waals surface area contributed by atoms with Gasteiger partial charge in [0.1, 0.15) is 0 Å². The summed E-state index contributed by atoms with van der Waals surface area (Å²) in [7, 11) is 0. The summed E-state index contributed by atoms with van der Waals surface area (Å²) >= 11 is 0. The quantitative estimate of drug-likeness (QED) is 0.780. The van der Waals surface area contributed by atoms with Crippen molar-refractivity contribution >= 4 is 0 Å². The number of nitrogens with zero attached hydrogens (tertiary/aromatic N) is 1. The van der Waals surface area contributed by atoms with Crippen molar-refractivity contribution in [3.63, 3.8) is 0 Å². The van der Waals surface area contributed by atoms with E-state index in [9.17, 15) is 0 Å². The second-order valence-corrected chi connectivity index (χ2v) is 6.80. The highest BCUT2D eigenvalue weighted by molar-refractivity contribution is 4.83. The van der Waals surface area contributed by atoms with Gasteiger partial charge in [-0.1, -0.05) is 40.5 Å². The molecule has 0 saturated carbocycles. The predicted molar refractivity (Wildman–Crippen MR) is 81.0 cm³/mol. The van der Waals surface area contributed by atoms with E-state index in [-0.39, 0.29) is 0 Å². The van der Waals surface area contributed by atoms with Crippen molar-refractivity contribution in [2.75, 3.05) is 19.6 Å². The molecule has 2 nitrogen and oxygen atoms in total. The first-order chi connectivity index (χ1) is 8.52. The fraction of sp³-hybridized carbons (Fsp3) is 1.00. The van der Waals surface area contributed by atoms with E-state index < -0.39 is 0 Å². The summed E-state index contributed by atoms with van der Waals surface area (Å²) in [5.41, 5.74) is 0. The summed E-state index contributed by atoms with van der Waals surface area (Å²) in [5, 5.41) is 3.66. The van der Waals surface area contributed by atoms with Gasteiger partial charge >= 0.3 is 0 Å². The molecule has 1 fully saturated rings. The maximum Gasteiger partial charge on any atom is 0.0246 e. The van der Waals surface area contributed by atoms with Gasteiger partial charge in [-0.05, 0) is 44.7 Å². The van der Waals surface area contributed by atoms with Crippen LogP contribution in [0.15, 0.2) is 0 Å². The molecule has 2 unspecified atom stereocenters. The largest absolute Gasteiger partial charge is 0.315 e. The molecule has 2 atom stereocenters. The molecule has 1 rings (SSSR count). The van der Waals surface area contributed by atoms with Crippen molar-refractivity contribution in [3.05, 3.63) is 0 Å². The fourth-order valence-corrected chi connectivity index (χ4v) is 3.05. The van der Waals surface area contributed by atoms with Gasteiger partial charge in [0.2, 0.25) is 0 Å². The molecule has 1 aliphatic rings. The van der Waals surface area contributed by atoms with Crippen molar-refractivity contribution < 1.29 is 0 Å². The van der Waals surface area contributed by atoms with Crippen LogP contribution in [0.5, 0.6) is 0 Å². The first kappa shape index (κ1) is 16.0. The van der Waals surface area contributed by atoms with Crippen LogP contribution >= 0.6 is 0 Å². The van der Waals surface area contributed by atoms with Gasteiger partial charge in [-0.2, -0.15) is 0 Å². The van der Waals surface area contributed by atoms with Crippen molar-refractivity contribution in [2.45, 2.75) is 72.4 Å². The van der Waals surface area contributed by atoms with E-state index in [4.69, 9.17) is 0 Å². The standard InChI is InChI=1S/C16H34N2/c1-13(2)11-17-12-16(14(3)4)18-10-8-6-7-9-15(18)5/h13-17H,6-12H2,1-5H3. The Labute approximate surface area is 115 Å². The van der Waals surface area contributed by atoms with Gasteiger partial charge in [-0.25, -0.2) is 0 Å². The predicted octanol–water partition coefficient (Wildman–Crippen LogP) is 3.52. The van der Waals surface area contributed by atoms with Crippen molar-refractivity contribution in [1.29, 1.82) is 0 Å². The first-order valence-electron chi connectivity index (χ1n) is 7.98. The minimum Gasteiger partial charge on any atom is -0.315 e. The molecule has 0 aromatic carbocycles. The molecule has 0 aromatic rings. The molecule has 108 valence electrons. The van der Waals surface area contributed by atoms with Crippen LogP contribution in [0, 0.1) is 11.8 Å². The molecule has 1 saturated heterocycles. The number of hydrogen-bond acceptors (Lipinski definition) is 2. The zero-order valence-corrected chi connectivity index (χ0v) is 13.2. The lowest BCUT2D eigenvalue weighted by atomic mass is 9.99. The van der Waals surface area contributed by atoms with Crippen LogP contribution in [-0.4, -0.2) is 36.6 Å². The molecule has 0 spiro atoms. The second kappa shape index (κ2) is 8.16.